The summed E-state index contributed by atoms with van der Waals surface area (Å²) in [5.41, 5.74) is 2.79. The van der Waals surface area contributed by atoms with E-state index in [4.69, 9.17) is 0 Å². The number of para-hydroxylation sites is 1. The topological polar surface area (TPSA) is 73.4 Å². The van der Waals surface area contributed by atoms with Gasteiger partial charge in [0.05, 0.1) is 0 Å². The van der Waals surface area contributed by atoms with Crippen molar-refractivity contribution in [3.63, 3.8) is 0 Å². The molecular weight excluding hydrogens is 340 g/mol. The van der Waals surface area contributed by atoms with Crippen molar-refractivity contribution in [2.75, 3.05) is 13.1 Å². The monoisotopic (exact) mass is 364 g/mol. The highest BCUT2D eigenvalue weighted by atomic mass is 16.4. The van der Waals surface area contributed by atoms with E-state index in [1.54, 1.807) is 6.20 Å². The van der Waals surface area contributed by atoms with Crippen molar-refractivity contribution in [3.8, 4) is 0 Å². The molecule has 0 saturated carbocycles. The highest BCUT2D eigenvalue weighted by molar-refractivity contribution is 6.07. The van der Waals surface area contributed by atoms with Crippen LogP contribution in [0.5, 0.6) is 0 Å². The average Bonchev–Trinajstić information content (AvgIpc) is 3.12. The zero-order valence-corrected chi connectivity index (χ0v) is 15.2. The Morgan fingerprint density at radius 3 is 2.44 bits per heavy atom. The van der Waals surface area contributed by atoms with Crippen LogP contribution in [-0.2, 0) is 6.42 Å². The van der Waals surface area contributed by atoms with Gasteiger partial charge in [-0.1, -0.05) is 48.5 Å². The third kappa shape index (κ3) is 4.97. The van der Waals surface area contributed by atoms with Gasteiger partial charge in [0.1, 0.15) is 0 Å². The summed E-state index contributed by atoms with van der Waals surface area (Å²) < 4.78 is 0. The molecule has 0 atom stereocenters. The van der Waals surface area contributed by atoms with Crippen LogP contribution in [0.4, 0.5) is 4.79 Å². The molecule has 1 amide bonds. The van der Waals surface area contributed by atoms with Gasteiger partial charge >= 0.3 is 6.09 Å². The maximum absolute atomic E-state index is 12.5. The molecule has 2 N–H and O–H groups in total. The number of carboxylic acid groups (broad SMARTS) is 1. The average molecular weight is 364 g/mol. The lowest BCUT2D eigenvalue weighted by molar-refractivity contribution is 0.0979. The van der Waals surface area contributed by atoms with Gasteiger partial charge in [-0.15, -0.1) is 0 Å². The van der Waals surface area contributed by atoms with E-state index < -0.39 is 6.09 Å². The number of amides is 1. The zero-order valence-electron chi connectivity index (χ0n) is 15.2. The molecule has 27 heavy (non-hydrogen) atoms. The van der Waals surface area contributed by atoms with Crippen molar-refractivity contribution in [2.45, 2.75) is 25.7 Å². The van der Waals surface area contributed by atoms with Gasteiger partial charge in [-0.25, -0.2) is 4.79 Å². The molecule has 5 heteroatoms. The Morgan fingerprint density at radius 1 is 0.926 bits per heavy atom. The van der Waals surface area contributed by atoms with Crippen molar-refractivity contribution in [1.82, 2.24) is 9.88 Å². The molecule has 0 aliphatic heterocycles. The van der Waals surface area contributed by atoms with Crippen molar-refractivity contribution in [3.05, 3.63) is 71.9 Å². The summed E-state index contributed by atoms with van der Waals surface area (Å²) in [5.74, 6) is 0.0959. The van der Waals surface area contributed by atoms with Gasteiger partial charge in [0.2, 0.25) is 0 Å². The van der Waals surface area contributed by atoms with E-state index in [1.165, 1.54) is 4.90 Å². The molecule has 0 bridgehead atoms. The number of H-pyrrole nitrogens is 1. The second kappa shape index (κ2) is 9.03. The number of hydrogen-bond acceptors (Lipinski definition) is 2. The molecule has 0 fully saturated rings. The Labute approximate surface area is 158 Å². The van der Waals surface area contributed by atoms with Crippen LogP contribution in [0.2, 0.25) is 0 Å². The number of rotatable bonds is 9. The minimum absolute atomic E-state index is 0.0959. The molecule has 3 rings (SSSR count). The molecule has 1 aromatic heterocycles. The van der Waals surface area contributed by atoms with Gasteiger partial charge in [0.15, 0.2) is 5.78 Å². The van der Waals surface area contributed by atoms with Crippen molar-refractivity contribution >= 4 is 22.8 Å². The first kappa shape index (κ1) is 18.7. The smallest absolute Gasteiger partial charge is 0.407 e. The normalized spacial score (nSPS) is 10.8. The Bertz CT molecular complexity index is 902. The Hall–Kier alpha value is -3.08. The van der Waals surface area contributed by atoms with E-state index in [1.807, 2.05) is 54.6 Å². The van der Waals surface area contributed by atoms with E-state index in [0.29, 0.717) is 44.3 Å². The summed E-state index contributed by atoms with van der Waals surface area (Å²) in [6.07, 6.45) is 3.32. The van der Waals surface area contributed by atoms with Crippen LogP contribution in [0, 0.1) is 0 Å². The first-order chi connectivity index (χ1) is 13.1. The fourth-order valence-corrected chi connectivity index (χ4v) is 3.24. The van der Waals surface area contributed by atoms with Crippen LogP contribution in [0.25, 0.3) is 10.9 Å². The number of unbranched alkanes of at least 4 members (excludes halogenated alkanes) is 1. The highest BCUT2D eigenvalue weighted by Gasteiger charge is 2.14. The Kier molecular flexibility index (Phi) is 6.26. The van der Waals surface area contributed by atoms with Gasteiger partial charge in [0.25, 0.3) is 0 Å². The summed E-state index contributed by atoms with van der Waals surface area (Å²) in [5, 5.41) is 10.3. The first-order valence-corrected chi connectivity index (χ1v) is 9.26. The lowest BCUT2D eigenvalue weighted by atomic mass is 10.0. The molecule has 0 saturated heterocycles. The van der Waals surface area contributed by atoms with Gasteiger partial charge < -0.3 is 15.0 Å². The second-order valence-electron chi connectivity index (χ2n) is 6.63. The van der Waals surface area contributed by atoms with E-state index in [-0.39, 0.29) is 5.78 Å². The number of aromatic amines is 1. The Morgan fingerprint density at radius 2 is 1.67 bits per heavy atom. The number of ketones is 1. The maximum atomic E-state index is 12.5. The van der Waals surface area contributed by atoms with Crippen LogP contribution >= 0.6 is 0 Å². The highest BCUT2D eigenvalue weighted by Crippen LogP contribution is 2.20. The number of hydrogen-bond donors (Lipinski definition) is 2. The first-order valence-electron chi connectivity index (χ1n) is 9.26. The number of fused-ring (bicyclic) bond motifs is 1. The van der Waals surface area contributed by atoms with Crippen LogP contribution in [0.15, 0.2) is 60.8 Å². The van der Waals surface area contributed by atoms with Crippen LogP contribution in [-0.4, -0.2) is 40.0 Å². The number of Topliss-reactive ketones (excluding diaryl/α,β-unsaturated/α-hetero) is 1. The quantitative estimate of drug-likeness (QED) is 0.425. The summed E-state index contributed by atoms with van der Waals surface area (Å²) in [7, 11) is 0. The third-order valence-corrected chi connectivity index (χ3v) is 4.76. The lowest BCUT2D eigenvalue weighted by Crippen LogP contribution is -2.32. The van der Waals surface area contributed by atoms with E-state index in [2.05, 4.69) is 4.98 Å². The molecule has 140 valence electrons. The molecule has 0 aliphatic carbocycles. The minimum atomic E-state index is -0.908. The minimum Gasteiger partial charge on any atom is -0.465 e. The van der Waals surface area contributed by atoms with E-state index in [9.17, 15) is 14.7 Å². The largest absolute Gasteiger partial charge is 0.465 e. The predicted molar refractivity (Wildman–Crippen MR) is 106 cm³/mol. The van der Waals surface area contributed by atoms with Crippen LogP contribution in [0.1, 0.15) is 35.2 Å². The Balaban J connectivity index is 1.46. The number of nitrogens with one attached hydrogen (secondary N) is 1. The summed E-state index contributed by atoms with van der Waals surface area (Å²) in [4.78, 5) is 28.4. The summed E-state index contributed by atoms with van der Waals surface area (Å²) in [6, 6.07) is 17.6. The molecule has 0 aliphatic rings. The zero-order chi connectivity index (χ0) is 19.1. The predicted octanol–water partition coefficient (Wildman–Crippen LogP) is 4.74. The number of nitrogens with zero attached hydrogens (tertiary/aromatic N) is 1. The fourth-order valence-electron chi connectivity index (χ4n) is 3.24. The molecule has 0 radical (unpaired) electrons. The fraction of sp³-hybridized carbons (Fsp3) is 0.273. The molecule has 1 heterocycles. The van der Waals surface area contributed by atoms with E-state index >= 15 is 0 Å². The molecule has 3 aromatic rings. The summed E-state index contributed by atoms with van der Waals surface area (Å²) in [6.45, 7) is 0.916. The van der Waals surface area contributed by atoms with Crippen LogP contribution in [0.3, 0.4) is 0 Å². The van der Waals surface area contributed by atoms with Crippen molar-refractivity contribution in [2.24, 2.45) is 0 Å². The number of benzene rings is 2. The molecular formula is C22H24N2O3. The van der Waals surface area contributed by atoms with Gasteiger partial charge in [-0.05, 0) is 30.9 Å². The molecule has 5 nitrogen and oxygen atoms in total. The maximum Gasteiger partial charge on any atom is 0.407 e. The van der Waals surface area contributed by atoms with Gasteiger partial charge in [-0.2, -0.15) is 0 Å². The number of carbonyl (C=O) groups excluding carboxylic acids is 1. The van der Waals surface area contributed by atoms with Crippen molar-refractivity contribution in [1.29, 1.82) is 0 Å². The van der Waals surface area contributed by atoms with Crippen LogP contribution < -0.4 is 0 Å². The molecule has 0 unspecified atom stereocenters. The third-order valence-electron chi connectivity index (χ3n) is 4.76. The number of aromatic nitrogens is 1. The van der Waals surface area contributed by atoms with Gasteiger partial charge in [-0.3, -0.25) is 4.79 Å². The second-order valence-corrected chi connectivity index (χ2v) is 6.63. The van der Waals surface area contributed by atoms with Crippen molar-refractivity contribution < 1.29 is 14.7 Å². The van der Waals surface area contributed by atoms with E-state index in [0.717, 1.165) is 16.5 Å². The molecule has 0 spiro atoms. The SMILES string of the molecule is O=C(CCCCN(CCc1ccccc1)C(=O)O)c1c[nH]c2ccccc12. The molecule has 2 aromatic carbocycles. The summed E-state index contributed by atoms with van der Waals surface area (Å²) >= 11 is 0. The number of carbonyl (C=O) groups is 2. The lowest BCUT2D eigenvalue weighted by Gasteiger charge is -2.19. The standard InChI is InChI=1S/C22H24N2O3/c25-21(19-16-23-20-11-5-4-10-18(19)20)12-6-7-14-24(22(26)27)15-13-17-8-2-1-3-9-17/h1-5,8-11,16,23H,6-7,12-15H2,(H,26,27). The van der Waals surface area contributed by atoms with Gasteiger partial charge in [0, 0.05) is 42.2 Å².